The zero-order chi connectivity index (χ0) is 18.5. The summed E-state index contributed by atoms with van der Waals surface area (Å²) in [5, 5.41) is 0.650. The lowest BCUT2D eigenvalue weighted by Crippen LogP contribution is -2.38. The maximum Gasteiger partial charge on any atom is 0.167 e. The van der Waals surface area contributed by atoms with Gasteiger partial charge in [0, 0.05) is 35.2 Å². The first-order valence-electron chi connectivity index (χ1n) is 8.84. The van der Waals surface area contributed by atoms with Gasteiger partial charge in [0.25, 0.3) is 0 Å². The van der Waals surface area contributed by atoms with Crippen molar-refractivity contribution in [3.8, 4) is 11.5 Å². The van der Waals surface area contributed by atoms with Gasteiger partial charge in [-0.15, -0.1) is 0 Å². The van der Waals surface area contributed by atoms with E-state index in [1.165, 1.54) is 0 Å². The number of halogens is 1. The second-order valence-electron chi connectivity index (χ2n) is 6.60. The number of para-hydroxylation sites is 1. The van der Waals surface area contributed by atoms with Crippen LogP contribution in [0.15, 0.2) is 42.5 Å². The molecule has 26 heavy (non-hydrogen) atoms. The first kappa shape index (κ1) is 18.7. The summed E-state index contributed by atoms with van der Waals surface area (Å²) in [5.41, 5.74) is 1.81. The Morgan fingerprint density at radius 1 is 1.15 bits per heavy atom. The predicted molar refractivity (Wildman–Crippen MR) is 103 cm³/mol. The summed E-state index contributed by atoms with van der Waals surface area (Å²) < 4.78 is 10.9. The average molecular weight is 374 g/mol. The summed E-state index contributed by atoms with van der Waals surface area (Å²) in [4.78, 5) is 15.1. The number of Topliss-reactive ketones (excluding diaryl/α,β-unsaturated/α-hetero) is 1. The number of piperidine rings is 1. The van der Waals surface area contributed by atoms with Gasteiger partial charge in [-0.1, -0.05) is 23.7 Å². The number of methoxy groups -OCH3 is 2. The number of likely N-dealkylation sites (tertiary alicyclic amines) is 1. The van der Waals surface area contributed by atoms with Crippen LogP contribution >= 0.6 is 11.6 Å². The van der Waals surface area contributed by atoms with E-state index in [-0.39, 0.29) is 11.7 Å². The normalized spacial score (nSPS) is 17.7. The Balaban J connectivity index is 1.71. The molecule has 4 nitrogen and oxygen atoms in total. The SMILES string of the molecule is COc1cccc(CN2CCC[C@H](C(=O)c3ccc(Cl)cc3)C2)c1OC. The van der Waals surface area contributed by atoms with Gasteiger partial charge in [0.15, 0.2) is 17.3 Å². The number of hydrogen-bond acceptors (Lipinski definition) is 4. The van der Waals surface area contributed by atoms with E-state index in [0.717, 1.165) is 55.1 Å². The molecule has 0 saturated carbocycles. The van der Waals surface area contributed by atoms with Gasteiger partial charge >= 0.3 is 0 Å². The van der Waals surface area contributed by atoms with Crippen LogP contribution in [-0.4, -0.2) is 38.0 Å². The molecule has 1 aliphatic heterocycles. The third-order valence-electron chi connectivity index (χ3n) is 4.88. The molecule has 1 fully saturated rings. The van der Waals surface area contributed by atoms with Crippen molar-refractivity contribution in [2.45, 2.75) is 19.4 Å². The molecule has 0 aliphatic carbocycles. The fraction of sp³-hybridized carbons (Fsp3) is 0.381. The van der Waals surface area contributed by atoms with Crippen molar-refractivity contribution in [1.82, 2.24) is 4.90 Å². The number of carbonyl (C=O) groups is 1. The van der Waals surface area contributed by atoms with Gasteiger partial charge in [-0.3, -0.25) is 9.69 Å². The summed E-state index contributed by atoms with van der Waals surface area (Å²) in [6.07, 6.45) is 1.93. The topological polar surface area (TPSA) is 38.8 Å². The predicted octanol–water partition coefficient (Wildman–Crippen LogP) is 4.45. The zero-order valence-corrected chi connectivity index (χ0v) is 16.0. The van der Waals surface area contributed by atoms with Crippen LogP contribution in [0.2, 0.25) is 5.02 Å². The molecule has 0 bridgehead atoms. The molecule has 138 valence electrons. The molecule has 0 N–H and O–H groups in total. The summed E-state index contributed by atoms with van der Waals surface area (Å²) in [7, 11) is 3.30. The lowest BCUT2D eigenvalue weighted by Gasteiger charge is -2.32. The smallest absolute Gasteiger partial charge is 0.167 e. The number of rotatable bonds is 6. The molecule has 0 spiro atoms. The van der Waals surface area contributed by atoms with Gasteiger partial charge in [0.05, 0.1) is 14.2 Å². The van der Waals surface area contributed by atoms with E-state index in [1.807, 2.05) is 30.3 Å². The van der Waals surface area contributed by atoms with Crippen LogP contribution in [0.3, 0.4) is 0 Å². The molecular formula is C21H24ClNO3. The first-order valence-corrected chi connectivity index (χ1v) is 9.22. The highest BCUT2D eigenvalue weighted by Crippen LogP contribution is 2.32. The van der Waals surface area contributed by atoms with E-state index in [0.29, 0.717) is 5.02 Å². The monoisotopic (exact) mass is 373 g/mol. The van der Waals surface area contributed by atoms with Crippen LogP contribution in [-0.2, 0) is 6.54 Å². The fourth-order valence-electron chi connectivity index (χ4n) is 3.58. The average Bonchev–Trinajstić information content (AvgIpc) is 2.68. The number of nitrogens with zero attached hydrogens (tertiary/aromatic N) is 1. The van der Waals surface area contributed by atoms with Crippen molar-refractivity contribution in [3.05, 3.63) is 58.6 Å². The summed E-state index contributed by atoms with van der Waals surface area (Å²) in [5.74, 6) is 1.71. The zero-order valence-electron chi connectivity index (χ0n) is 15.2. The van der Waals surface area contributed by atoms with Gasteiger partial charge in [-0.25, -0.2) is 0 Å². The molecule has 1 heterocycles. The quantitative estimate of drug-likeness (QED) is 0.701. The Morgan fingerprint density at radius 3 is 2.62 bits per heavy atom. The lowest BCUT2D eigenvalue weighted by atomic mass is 9.90. The van der Waals surface area contributed by atoms with Gasteiger partial charge in [-0.2, -0.15) is 0 Å². The van der Waals surface area contributed by atoms with Gasteiger partial charge in [0.2, 0.25) is 0 Å². The second kappa shape index (κ2) is 8.56. The van der Waals surface area contributed by atoms with Crippen LogP contribution < -0.4 is 9.47 Å². The van der Waals surface area contributed by atoms with Crippen LogP contribution in [0.1, 0.15) is 28.8 Å². The first-order chi connectivity index (χ1) is 12.6. The van der Waals surface area contributed by atoms with Crippen LogP contribution in [0.25, 0.3) is 0 Å². The van der Waals surface area contributed by atoms with Gasteiger partial charge in [0.1, 0.15) is 0 Å². The molecule has 2 aromatic rings. The molecular weight excluding hydrogens is 350 g/mol. The third kappa shape index (κ3) is 4.19. The number of ketones is 1. The maximum atomic E-state index is 12.8. The molecule has 1 aliphatic rings. The van der Waals surface area contributed by atoms with Crippen LogP contribution in [0.5, 0.6) is 11.5 Å². The molecule has 3 rings (SSSR count). The lowest BCUT2D eigenvalue weighted by molar-refractivity contribution is 0.0810. The largest absolute Gasteiger partial charge is 0.493 e. The van der Waals surface area contributed by atoms with E-state index in [9.17, 15) is 4.79 Å². The third-order valence-corrected chi connectivity index (χ3v) is 5.14. The Morgan fingerprint density at radius 2 is 1.92 bits per heavy atom. The highest BCUT2D eigenvalue weighted by Gasteiger charge is 2.27. The minimum Gasteiger partial charge on any atom is -0.493 e. The summed E-state index contributed by atoms with van der Waals surface area (Å²) in [6.45, 7) is 2.47. The molecule has 1 saturated heterocycles. The van der Waals surface area contributed by atoms with Gasteiger partial charge in [-0.05, 0) is 49.7 Å². The highest BCUT2D eigenvalue weighted by atomic mass is 35.5. The van der Waals surface area contributed by atoms with Crippen LogP contribution in [0, 0.1) is 5.92 Å². The number of benzene rings is 2. The Kier molecular flexibility index (Phi) is 6.17. The highest BCUT2D eigenvalue weighted by molar-refractivity contribution is 6.30. The fourth-order valence-corrected chi connectivity index (χ4v) is 3.71. The minimum absolute atomic E-state index is 0.0153. The Hall–Kier alpha value is -2.04. The van der Waals surface area contributed by atoms with Crippen LogP contribution in [0.4, 0.5) is 0 Å². The van der Waals surface area contributed by atoms with Crippen molar-refractivity contribution in [3.63, 3.8) is 0 Å². The van der Waals surface area contributed by atoms with Crippen molar-refractivity contribution < 1.29 is 14.3 Å². The van der Waals surface area contributed by atoms with E-state index < -0.39 is 0 Å². The standard InChI is InChI=1S/C21H24ClNO3/c1-25-19-7-3-5-17(21(19)26-2)14-23-12-4-6-16(13-23)20(24)15-8-10-18(22)11-9-15/h3,5,7-11,16H,4,6,12-14H2,1-2H3/t16-/m0/s1. The molecule has 0 amide bonds. The molecule has 0 unspecified atom stereocenters. The Bertz CT molecular complexity index is 760. The Labute approximate surface area is 159 Å². The van der Waals surface area contributed by atoms with E-state index >= 15 is 0 Å². The second-order valence-corrected chi connectivity index (χ2v) is 7.03. The molecule has 0 aromatic heterocycles. The minimum atomic E-state index is 0.0153. The number of hydrogen-bond donors (Lipinski definition) is 0. The van der Waals surface area contributed by atoms with E-state index in [1.54, 1.807) is 26.4 Å². The van der Waals surface area contributed by atoms with Crippen molar-refractivity contribution in [2.24, 2.45) is 5.92 Å². The van der Waals surface area contributed by atoms with Crippen molar-refractivity contribution >= 4 is 17.4 Å². The maximum absolute atomic E-state index is 12.8. The molecule has 1 atom stereocenters. The molecule has 0 radical (unpaired) electrons. The van der Waals surface area contributed by atoms with E-state index in [2.05, 4.69) is 4.90 Å². The van der Waals surface area contributed by atoms with Crippen molar-refractivity contribution in [2.75, 3.05) is 27.3 Å². The van der Waals surface area contributed by atoms with Gasteiger partial charge < -0.3 is 9.47 Å². The van der Waals surface area contributed by atoms with E-state index in [4.69, 9.17) is 21.1 Å². The summed E-state index contributed by atoms with van der Waals surface area (Å²) in [6, 6.07) is 13.1. The molecule has 2 aromatic carbocycles. The summed E-state index contributed by atoms with van der Waals surface area (Å²) >= 11 is 5.93. The van der Waals surface area contributed by atoms with Crippen molar-refractivity contribution in [1.29, 1.82) is 0 Å². The number of carbonyl (C=O) groups excluding carboxylic acids is 1. The molecule has 5 heteroatoms. The number of ether oxygens (including phenoxy) is 2.